The lowest BCUT2D eigenvalue weighted by Crippen LogP contribution is -2.48. The first kappa shape index (κ1) is 12.9. The summed E-state index contributed by atoms with van der Waals surface area (Å²) < 4.78 is 11.4. The number of aromatic nitrogens is 1. The molecule has 0 aliphatic carbocycles. The molecule has 5 nitrogen and oxygen atoms in total. The molecule has 2 aliphatic heterocycles. The van der Waals surface area contributed by atoms with Gasteiger partial charge in [-0.1, -0.05) is 0 Å². The van der Waals surface area contributed by atoms with Crippen molar-refractivity contribution in [3.63, 3.8) is 0 Å². The van der Waals surface area contributed by atoms with E-state index < -0.39 is 5.60 Å². The summed E-state index contributed by atoms with van der Waals surface area (Å²) in [6, 6.07) is 0. The number of esters is 1. The summed E-state index contributed by atoms with van der Waals surface area (Å²) in [7, 11) is 0. The first-order valence-corrected chi connectivity index (χ1v) is 7.35. The molecule has 6 heteroatoms. The minimum absolute atomic E-state index is 0.00303. The van der Waals surface area contributed by atoms with Crippen LogP contribution in [-0.4, -0.2) is 28.8 Å². The van der Waals surface area contributed by atoms with Gasteiger partial charge >= 0.3 is 5.97 Å². The van der Waals surface area contributed by atoms with Crippen LogP contribution in [0.3, 0.4) is 0 Å². The van der Waals surface area contributed by atoms with Gasteiger partial charge in [-0.3, -0.25) is 4.79 Å². The fraction of sp³-hybridized carbons (Fsp3) is 0.692. The zero-order valence-electron chi connectivity index (χ0n) is 11.1. The van der Waals surface area contributed by atoms with E-state index in [4.69, 9.17) is 15.2 Å². The van der Waals surface area contributed by atoms with Crippen LogP contribution in [0, 0.1) is 0 Å². The van der Waals surface area contributed by atoms with E-state index in [0.29, 0.717) is 24.6 Å². The molecule has 0 aromatic carbocycles. The van der Waals surface area contributed by atoms with Crippen LogP contribution in [0.1, 0.15) is 44.7 Å². The number of nitrogens with zero attached hydrogens (tertiary/aromatic N) is 1. The second kappa shape index (κ2) is 4.18. The third-order valence-corrected chi connectivity index (χ3v) is 4.65. The molecule has 104 valence electrons. The van der Waals surface area contributed by atoms with Crippen molar-refractivity contribution >= 4 is 22.4 Å². The van der Waals surface area contributed by atoms with E-state index >= 15 is 0 Å². The van der Waals surface area contributed by atoms with E-state index in [1.54, 1.807) is 0 Å². The molecule has 2 N–H and O–H groups in total. The molecule has 3 heterocycles. The Bertz CT molecular complexity index is 514. The van der Waals surface area contributed by atoms with E-state index in [0.717, 1.165) is 12.1 Å². The van der Waals surface area contributed by atoms with Gasteiger partial charge in [-0.2, -0.15) is 0 Å². The third kappa shape index (κ3) is 2.23. The molecular formula is C13H18N2O3S. The summed E-state index contributed by atoms with van der Waals surface area (Å²) >= 11 is 1.41. The number of hydrogen-bond acceptors (Lipinski definition) is 6. The summed E-state index contributed by atoms with van der Waals surface area (Å²) in [6.07, 6.45) is 1.82. The lowest BCUT2D eigenvalue weighted by atomic mass is 9.74. The van der Waals surface area contributed by atoms with Gasteiger partial charge in [0.2, 0.25) is 0 Å². The van der Waals surface area contributed by atoms with Gasteiger partial charge in [0.05, 0.1) is 30.2 Å². The largest absolute Gasteiger partial charge is 0.458 e. The number of nitrogen functional groups attached to an aromatic ring is 1. The van der Waals surface area contributed by atoms with Crippen LogP contribution in [0.25, 0.3) is 0 Å². The highest BCUT2D eigenvalue weighted by molar-refractivity contribution is 7.13. The quantitative estimate of drug-likeness (QED) is 0.798. The van der Waals surface area contributed by atoms with Crippen LogP contribution < -0.4 is 5.73 Å². The Morgan fingerprint density at radius 1 is 1.53 bits per heavy atom. The normalized spacial score (nSPS) is 33.6. The Labute approximate surface area is 116 Å². The van der Waals surface area contributed by atoms with Gasteiger partial charge in [0, 0.05) is 18.2 Å². The van der Waals surface area contributed by atoms with Crippen molar-refractivity contribution < 1.29 is 14.3 Å². The molecule has 2 fully saturated rings. The number of ether oxygens (including phenoxy) is 2. The fourth-order valence-electron chi connectivity index (χ4n) is 3.27. The van der Waals surface area contributed by atoms with Gasteiger partial charge in [0.25, 0.3) is 0 Å². The summed E-state index contributed by atoms with van der Waals surface area (Å²) in [5.41, 5.74) is 5.84. The molecule has 19 heavy (non-hydrogen) atoms. The van der Waals surface area contributed by atoms with Crippen LogP contribution in [0.5, 0.6) is 0 Å². The molecule has 0 radical (unpaired) electrons. The summed E-state index contributed by atoms with van der Waals surface area (Å²) in [5.74, 6) is -0.147. The standard InChI is InChI=1S/C13H18N2O3S/c1-12(2)7-13(3-4-17-12)8(5-10(16)18-13)9-6-19-11(14)15-9/h6,8H,3-5,7H2,1-2H3,(H2,14,15)/t8-,13-/m1/s1. The van der Waals surface area contributed by atoms with E-state index in [1.807, 2.05) is 19.2 Å². The van der Waals surface area contributed by atoms with Gasteiger partial charge in [0.15, 0.2) is 5.13 Å². The fourth-order valence-corrected chi connectivity index (χ4v) is 3.89. The maximum atomic E-state index is 11.8. The van der Waals surface area contributed by atoms with Crippen molar-refractivity contribution in [2.45, 2.75) is 50.2 Å². The molecule has 1 aromatic heterocycles. The van der Waals surface area contributed by atoms with Crippen LogP contribution in [0.2, 0.25) is 0 Å². The van der Waals surface area contributed by atoms with Gasteiger partial charge in [-0.05, 0) is 13.8 Å². The SMILES string of the molecule is CC1(C)C[C@@]2(CCO1)OC(=O)C[C@@H]2c1csc(N)n1. The van der Waals surface area contributed by atoms with E-state index in [2.05, 4.69) is 4.98 Å². The topological polar surface area (TPSA) is 74.4 Å². The minimum atomic E-state index is -0.473. The monoisotopic (exact) mass is 282 g/mol. The molecule has 0 amide bonds. The van der Waals surface area contributed by atoms with E-state index in [-0.39, 0.29) is 17.5 Å². The van der Waals surface area contributed by atoms with Crippen molar-refractivity contribution in [2.75, 3.05) is 12.3 Å². The highest BCUT2D eigenvalue weighted by Gasteiger charge is 2.55. The number of rotatable bonds is 1. The number of nitrogens with two attached hydrogens (primary N) is 1. The first-order valence-electron chi connectivity index (χ1n) is 6.47. The highest BCUT2D eigenvalue weighted by atomic mass is 32.1. The first-order chi connectivity index (χ1) is 8.90. The molecular weight excluding hydrogens is 264 g/mol. The van der Waals surface area contributed by atoms with Crippen molar-refractivity contribution in [3.8, 4) is 0 Å². The smallest absolute Gasteiger partial charge is 0.307 e. The zero-order chi connectivity index (χ0) is 13.7. The van der Waals surface area contributed by atoms with Crippen LogP contribution >= 0.6 is 11.3 Å². The molecule has 3 rings (SSSR count). The molecule has 0 unspecified atom stereocenters. The zero-order valence-corrected chi connectivity index (χ0v) is 12.0. The Morgan fingerprint density at radius 3 is 2.95 bits per heavy atom. The van der Waals surface area contributed by atoms with Gasteiger partial charge in [0.1, 0.15) is 5.60 Å². The molecule has 0 bridgehead atoms. The predicted molar refractivity (Wildman–Crippen MR) is 72.0 cm³/mol. The van der Waals surface area contributed by atoms with Crippen molar-refractivity contribution in [3.05, 3.63) is 11.1 Å². The Balaban J connectivity index is 1.96. The third-order valence-electron chi connectivity index (χ3n) is 3.96. The number of carbonyl (C=O) groups excluding carboxylic acids is 1. The van der Waals surface area contributed by atoms with Crippen LogP contribution in [-0.2, 0) is 14.3 Å². The van der Waals surface area contributed by atoms with Crippen LogP contribution in [0.15, 0.2) is 5.38 Å². The average Bonchev–Trinajstić information content (AvgIpc) is 2.82. The van der Waals surface area contributed by atoms with Gasteiger partial charge in [-0.25, -0.2) is 4.98 Å². The van der Waals surface area contributed by atoms with E-state index in [9.17, 15) is 4.79 Å². The highest BCUT2D eigenvalue weighted by Crippen LogP contribution is 2.50. The maximum absolute atomic E-state index is 11.8. The van der Waals surface area contributed by atoms with E-state index in [1.165, 1.54) is 11.3 Å². The summed E-state index contributed by atoms with van der Waals surface area (Å²) in [5, 5.41) is 2.47. The average molecular weight is 282 g/mol. The summed E-state index contributed by atoms with van der Waals surface area (Å²) in [4.78, 5) is 16.1. The Hall–Kier alpha value is -1.14. The molecule has 2 aliphatic rings. The number of hydrogen-bond donors (Lipinski definition) is 1. The van der Waals surface area contributed by atoms with Crippen molar-refractivity contribution in [1.82, 2.24) is 4.98 Å². The molecule has 2 saturated heterocycles. The number of thiazole rings is 1. The Morgan fingerprint density at radius 2 is 2.32 bits per heavy atom. The number of anilines is 1. The molecule has 1 aromatic rings. The molecule has 0 saturated carbocycles. The second-order valence-electron chi connectivity index (χ2n) is 5.94. The van der Waals surface area contributed by atoms with Crippen molar-refractivity contribution in [1.29, 1.82) is 0 Å². The molecule has 2 atom stereocenters. The van der Waals surface area contributed by atoms with Crippen molar-refractivity contribution in [2.24, 2.45) is 0 Å². The predicted octanol–water partition coefficient (Wildman–Crippen LogP) is 2.08. The van der Waals surface area contributed by atoms with Gasteiger partial charge in [-0.15, -0.1) is 11.3 Å². The van der Waals surface area contributed by atoms with Crippen LogP contribution in [0.4, 0.5) is 5.13 Å². The second-order valence-corrected chi connectivity index (χ2v) is 6.83. The lowest BCUT2D eigenvalue weighted by molar-refractivity contribution is -0.174. The number of carbonyl (C=O) groups is 1. The minimum Gasteiger partial charge on any atom is -0.458 e. The molecule has 1 spiro atoms. The maximum Gasteiger partial charge on any atom is 0.307 e. The lowest BCUT2D eigenvalue weighted by Gasteiger charge is -2.43. The van der Waals surface area contributed by atoms with Gasteiger partial charge < -0.3 is 15.2 Å². The summed E-state index contributed by atoms with van der Waals surface area (Å²) in [6.45, 7) is 4.68. The Kier molecular flexibility index (Phi) is 2.83.